The van der Waals surface area contributed by atoms with Crippen molar-refractivity contribution in [3.05, 3.63) is 75.0 Å². The molecule has 3 aromatic rings. The number of anilines is 2. The Kier molecular flexibility index (Phi) is 7.57. The van der Waals surface area contributed by atoms with Gasteiger partial charge in [-0.15, -0.1) is 0 Å². The Morgan fingerprint density at radius 2 is 1.86 bits per heavy atom. The molecular weight excluding hydrogens is 442 g/mol. The molecule has 2 aromatic carbocycles. The van der Waals surface area contributed by atoms with Gasteiger partial charge in [-0.1, -0.05) is 36.4 Å². The Morgan fingerprint density at radius 3 is 2.57 bits per heavy atom. The van der Waals surface area contributed by atoms with Gasteiger partial charge in [0.05, 0.1) is 4.92 Å². The van der Waals surface area contributed by atoms with E-state index in [0.29, 0.717) is 37.1 Å². The number of rotatable bonds is 8. The molecule has 0 aliphatic heterocycles. The molecule has 1 fully saturated rings. The van der Waals surface area contributed by atoms with E-state index in [2.05, 4.69) is 40.4 Å². The number of hydrogen-bond acceptors (Lipinski definition) is 8. The number of nitro groups is 1. The van der Waals surface area contributed by atoms with Gasteiger partial charge in [0.15, 0.2) is 0 Å². The second-order valence-electron chi connectivity index (χ2n) is 9.32. The smallest absolute Gasteiger partial charge is 0.332 e. The standard InChI is InChI=1S/C26H33N7O2/c1-16-20(6-3-7-22(16)19-5-2-4-18(12-19)14-27)15-30-26-31-23(24(33(34)35)25(29)32-26)13-17-8-10-21(28)11-9-17/h2-7,12,17,21H,8-11,13-15,27-28H2,1H3,(H3,29,30,31,32). The molecule has 9 nitrogen and oxygen atoms in total. The van der Waals surface area contributed by atoms with Crippen molar-refractivity contribution in [2.24, 2.45) is 17.4 Å². The van der Waals surface area contributed by atoms with Crippen LogP contribution in [0.2, 0.25) is 0 Å². The molecule has 0 amide bonds. The summed E-state index contributed by atoms with van der Waals surface area (Å²) < 4.78 is 0. The molecule has 0 spiro atoms. The van der Waals surface area contributed by atoms with Crippen LogP contribution in [0.4, 0.5) is 17.5 Å². The van der Waals surface area contributed by atoms with E-state index < -0.39 is 4.92 Å². The first kappa shape index (κ1) is 24.6. The van der Waals surface area contributed by atoms with E-state index in [1.807, 2.05) is 24.3 Å². The van der Waals surface area contributed by atoms with Crippen LogP contribution >= 0.6 is 0 Å². The third kappa shape index (κ3) is 5.75. The number of nitrogens with one attached hydrogen (secondary N) is 1. The van der Waals surface area contributed by atoms with E-state index in [0.717, 1.165) is 53.5 Å². The molecule has 1 heterocycles. The predicted octanol–water partition coefficient (Wildman–Crippen LogP) is 4.07. The first-order chi connectivity index (χ1) is 16.9. The molecule has 35 heavy (non-hydrogen) atoms. The topological polar surface area (TPSA) is 159 Å². The Hall–Kier alpha value is -3.56. The van der Waals surface area contributed by atoms with E-state index in [1.54, 1.807) is 0 Å². The van der Waals surface area contributed by atoms with Crippen LogP contribution in [0.3, 0.4) is 0 Å². The minimum absolute atomic E-state index is 0.112. The lowest BCUT2D eigenvalue weighted by atomic mass is 9.83. The van der Waals surface area contributed by atoms with Gasteiger partial charge in [-0.25, -0.2) is 4.98 Å². The summed E-state index contributed by atoms with van der Waals surface area (Å²) in [5.74, 6) is 0.489. The molecule has 1 aliphatic carbocycles. The van der Waals surface area contributed by atoms with Gasteiger partial charge in [-0.2, -0.15) is 4.98 Å². The van der Waals surface area contributed by atoms with Gasteiger partial charge in [0, 0.05) is 19.1 Å². The summed E-state index contributed by atoms with van der Waals surface area (Å²) in [6.07, 6.45) is 4.21. The first-order valence-electron chi connectivity index (χ1n) is 12.0. The highest BCUT2D eigenvalue weighted by Gasteiger charge is 2.27. The fraction of sp³-hybridized carbons (Fsp3) is 0.385. The van der Waals surface area contributed by atoms with Gasteiger partial charge in [-0.3, -0.25) is 10.1 Å². The molecule has 0 atom stereocenters. The SMILES string of the molecule is Cc1c(CNc2nc(N)c([N+](=O)[O-])c(CC3CCC(N)CC3)n2)cccc1-c1cccc(CN)c1. The van der Waals surface area contributed by atoms with Crippen LogP contribution in [-0.4, -0.2) is 20.9 Å². The number of nitrogens with zero attached hydrogens (tertiary/aromatic N) is 3. The summed E-state index contributed by atoms with van der Waals surface area (Å²) in [5.41, 5.74) is 23.5. The van der Waals surface area contributed by atoms with Crippen LogP contribution < -0.4 is 22.5 Å². The van der Waals surface area contributed by atoms with Crippen molar-refractivity contribution >= 4 is 17.5 Å². The van der Waals surface area contributed by atoms with Crippen molar-refractivity contribution in [3.8, 4) is 11.1 Å². The molecule has 184 valence electrons. The second kappa shape index (κ2) is 10.8. The Bertz CT molecular complexity index is 1210. The van der Waals surface area contributed by atoms with E-state index in [9.17, 15) is 10.1 Å². The highest BCUT2D eigenvalue weighted by molar-refractivity contribution is 5.69. The van der Waals surface area contributed by atoms with E-state index >= 15 is 0 Å². The van der Waals surface area contributed by atoms with Gasteiger partial charge < -0.3 is 22.5 Å². The fourth-order valence-corrected chi connectivity index (χ4v) is 4.83. The van der Waals surface area contributed by atoms with Crippen molar-refractivity contribution < 1.29 is 4.92 Å². The lowest BCUT2D eigenvalue weighted by molar-refractivity contribution is -0.385. The average Bonchev–Trinajstić information content (AvgIpc) is 2.84. The quantitative estimate of drug-likeness (QED) is 0.280. The molecule has 0 unspecified atom stereocenters. The maximum atomic E-state index is 11.7. The highest BCUT2D eigenvalue weighted by atomic mass is 16.6. The molecule has 7 N–H and O–H groups in total. The van der Waals surface area contributed by atoms with Gasteiger partial charge >= 0.3 is 5.69 Å². The third-order valence-corrected chi connectivity index (χ3v) is 6.90. The molecule has 4 rings (SSSR count). The molecule has 1 saturated carbocycles. The van der Waals surface area contributed by atoms with Gasteiger partial charge in [-0.05, 0) is 78.8 Å². The van der Waals surface area contributed by atoms with Crippen LogP contribution in [0.5, 0.6) is 0 Å². The summed E-state index contributed by atoms with van der Waals surface area (Å²) in [5, 5.41) is 14.9. The third-order valence-electron chi connectivity index (χ3n) is 6.90. The Labute approximate surface area is 205 Å². The summed E-state index contributed by atoms with van der Waals surface area (Å²) in [6, 6.07) is 14.6. The number of benzene rings is 2. The van der Waals surface area contributed by atoms with Crippen molar-refractivity contribution in [2.45, 2.75) is 58.2 Å². The zero-order valence-corrected chi connectivity index (χ0v) is 20.0. The first-order valence-corrected chi connectivity index (χ1v) is 12.0. The zero-order valence-electron chi connectivity index (χ0n) is 20.0. The van der Waals surface area contributed by atoms with Crippen LogP contribution in [0.1, 0.15) is 48.1 Å². The lowest BCUT2D eigenvalue weighted by Crippen LogP contribution is -2.27. The van der Waals surface area contributed by atoms with E-state index in [4.69, 9.17) is 17.2 Å². The largest absolute Gasteiger partial charge is 0.378 e. The Balaban J connectivity index is 1.55. The van der Waals surface area contributed by atoms with Gasteiger partial charge in [0.2, 0.25) is 11.8 Å². The number of aromatic nitrogens is 2. The van der Waals surface area contributed by atoms with E-state index in [-0.39, 0.29) is 17.5 Å². The van der Waals surface area contributed by atoms with Crippen molar-refractivity contribution in [1.82, 2.24) is 9.97 Å². The predicted molar refractivity (Wildman–Crippen MR) is 139 cm³/mol. The maximum Gasteiger partial charge on any atom is 0.332 e. The monoisotopic (exact) mass is 475 g/mol. The molecule has 1 aliphatic rings. The summed E-state index contributed by atoms with van der Waals surface area (Å²) in [7, 11) is 0. The minimum atomic E-state index is -0.480. The molecule has 0 radical (unpaired) electrons. The maximum absolute atomic E-state index is 11.7. The molecule has 9 heteroatoms. The second-order valence-corrected chi connectivity index (χ2v) is 9.32. The van der Waals surface area contributed by atoms with Crippen molar-refractivity contribution in [3.63, 3.8) is 0 Å². The van der Waals surface area contributed by atoms with Crippen molar-refractivity contribution in [1.29, 1.82) is 0 Å². The summed E-state index contributed by atoms with van der Waals surface area (Å²) >= 11 is 0. The number of nitrogen functional groups attached to an aromatic ring is 1. The lowest BCUT2D eigenvalue weighted by Gasteiger charge is -2.25. The van der Waals surface area contributed by atoms with Crippen LogP contribution in [0, 0.1) is 23.0 Å². The van der Waals surface area contributed by atoms with Crippen LogP contribution in [-0.2, 0) is 19.5 Å². The fourth-order valence-electron chi connectivity index (χ4n) is 4.83. The number of nitrogens with two attached hydrogens (primary N) is 3. The minimum Gasteiger partial charge on any atom is -0.378 e. The van der Waals surface area contributed by atoms with Gasteiger partial charge in [0.1, 0.15) is 5.69 Å². The van der Waals surface area contributed by atoms with Crippen LogP contribution in [0.15, 0.2) is 42.5 Å². The summed E-state index contributed by atoms with van der Waals surface area (Å²) in [4.78, 5) is 19.9. The van der Waals surface area contributed by atoms with E-state index in [1.165, 1.54) is 0 Å². The highest BCUT2D eigenvalue weighted by Crippen LogP contribution is 2.32. The average molecular weight is 476 g/mol. The zero-order chi connectivity index (χ0) is 24.9. The summed E-state index contributed by atoms with van der Waals surface area (Å²) in [6.45, 7) is 3.03. The molecular formula is C26H33N7O2. The Morgan fingerprint density at radius 1 is 1.11 bits per heavy atom. The van der Waals surface area contributed by atoms with Crippen molar-refractivity contribution in [2.75, 3.05) is 11.1 Å². The molecule has 1 aromatic heterocycles. The normalized spacial score (nSPS) is 17.8. The molecule has 0 bridgehead atoms. The van der Waals surface area contributed by atoms with Gasteiger partial charge in [0.25, 0.3) is 0 Å². The van der Waals surface area contributed by atoms with Crippen LogP contribution in [0.25, 0.3) is 11.1 Å². The number of hydrogen-bond donors (Lipinski definition) is 4. The molecule has 0 saturated heterocycles.